The van der Waals surface area contributed by atoms with Crippen LogP contribution in [0.1, 0.15) is 21.5 Å². The van der Waals surface area contributed by atoms with Crippen molar-refractivity contribution in [2.45, 2.75) is 13.3 Å². The van der Waals surface area contributed by atoms with Crippen LogP contribution in [0.2, 0.25) is 0 Å². The second-order valence-electron chi connectivity index (χ2n) is 5.85. The summed E-state index contributed by atoms with van der Waals surface area (Å²) in [5, 5.41) is 0.929. The third-order valence-electron chi connectivity index (χ3n) is 4.04. The Morgan fingerprint density at radius 1 is 1.21 bits per heavy atom. The van der Waals surface area contributed by atoms with E-state index in [9.17, 15) is 9.59 Å². The first-order valence-electron chi connectivity index (χ1n) is 7.65. The van der Waals surface area contributed by atoms with Gasteiger partial charge in [0.2, 0.25) is 0 Å². The molecular weight excluding hydrogens is 300 g/mol. The van der Waals surface area contributed by atoms with Crippen molar-refractivity contribution in [3.05, 3.63) is 71.9 Å². The maximum atomic E-state index is 11.7. The largest absolute Gasteiger partial charge is 0.366 e. The average molecular weight is 318 g/mol. The summed E-state index contributed by atoms with van der Waals surface area (Å²) in [4.78, 5) is 26.3. The fourth-order valence-corrected chi connectivity index (χ4v) is 3.01. The minimum absolute atomic E-state index is 0.0117. The van der Waals surface area contributed by atoms with Crippen LogP contribution in [0.3, 0.4) is 0 Å². The number of amides is 1. The molecular formula is C20H18N2O2. The van der Waals surface area contributed by atoms with Crippen LogP contribution in [-0.4, -0.2) is 16.7 Å². The van der Waals surface area contributed by atoms with E-state index in [1.165, 1.54) is 6.08 Å². The van der Waals surface area contributed by atoms with Gasteiger partial charge in [-0.2, -0.15) is 0 Å². The van der Waals surface area contributed by atoms with E-state index in [0.717, 1.165) is 33.2 Å². The van der Waals surface area contributed by atoms with Crippen molar-refractivity contribution >= 4 is 22.6 Å². The van der Waals surface area contributed by atoms with Crippen LogP contribution in [0.5, 0.6) is 0 Å². The third kappa shape index (κ3) is 2.86. The maximum absolute atomic E-state index is 11.7. The number of aryl methyl sites for hydroxylation is 1. The summed E-state index contributed by atoms with van der Waals surface area (Å²) in [7, 11) is 0. The number of nitrogens with two attached hydrogens (primary N) is 1. The van der Waals surface area contributed by atoms with E-state index < -0.39 is 5.91 Å². The lowest BCUT2D eigenvalue weighted by atomic mass is 9.94. The molecule has 0 aliphatic carbocycles. The number of H-pyrrole nitrogens is 1. The number of aromatic amines is 1. The quantitative estimate of drug-likeness (QED) is 0.706. The van der Waals surface area contributed by atoms with Crippen LogP contribution in [0.4, 0.5) is 0 Å². The predicted octanol–water partition coefficient (Wildman–Crippen LogP) is 3.54. The second-order valence-corrected chi connectivity index (χ2v) is 5.85. The molecule has 0 radical (unpaired) electrons. The standard InChI is InChI=1S/C20H18N2O2/c1-3-15(23)11-13-8-12(2)9-14(10-13)16-4-5-18(20(21)24)19-17(16)6-7-22-19/h3-10,22H,1,11H2,2H3,(H2,21,24). The molecule has 4 nitrogen and oxygen atoms in total. The Hall–Kier alpha value is -3.14. The molecule has 0 saturated heterocycles. The molecule has 0 aliphatic heterocycles. The van der Waals surface area contributed by atoms with Gasteiger partial charge in [0, 0.05) is 18.0 Å². The molecule has 24 heavy (non-hydrogen) atoms. The summed E-state index contributed by atoms with van der Waals surface area (Å²) >= 11 is 0. The first-order chi connectivity index (χ1) is 11.5. The number of hydrogen-bond donors (Lipinski definition) is 2. The summed E-state index contributed by atoms with van der Waals surface area (Å²) in [6.45, 7) is 5.52. The van der Waals surface area contributed by atoms with E-state index >= 15 is 0 Å². The zero-order chi connectivity index (χ0) is 17.3. The van der Waals surface area contributed by atoms with E-state index in [0.29, 0.717) is 12.0 Å². The van der Waals surface area contributed by atoms with Gasteiger partial charge in [-0.15, -0.1) is 0 Å². The Morgan fingerprint density at radius 3 is 2.71 bits per heavy atom. The van der Waals surface area contributed by atoms with Gasteiger partial charge in [-0.05, 0) is 41.8 Å². The SMILES string of the molecule is C=CC(=O)Cc1cc(C)cc(-c2ccc(C(N)=O)c3[nH]ccc23)c1. The topological polar surface area (TPSA) is 76.0 Å². The van der Waals surface area contributed by atoms with Gasteiger partial charge in [0.25, 0.3) is 5.91 Å². The number of carbonyl (C=O) groups excluding carboxylic acids is 2. The number of aromatic nitrogens is 1. The fraction of sp³-hybridized carbons (Fsp3) is 0.100. The van der Waals surface area contributed by atoms with Crippen LogP contribution in [0.15, 0.2) is 55.3 Å². The maximum Gasteiger partial charge on any atom is 0.250 e. The number of primary amides is 1. The Balaban J connectivity index is 2.16. The minimum Gasteiger partial charge on any atom is -0.366 e. The van der Waals surface area contributed by atoms with Gasteiger partial charge in [-0.25, -0.2) is 0 Å². The van der Waals surface area contributed by atoms with Gasteiger partial charge in [0.15, 0.2) is 5.78 Å². The summed E-state index contributed by atoms with van der Waals surface area (Å²) in [5.74, 6) is -0.474. The van der Waals surface area contributed by atoms with Crippen molar-refractivity contribution in [3.8, 4) is 11.1 Å². The number of rotatable bonds is 5. The Morgan fingerprint density at radius 2 is 2.00 bits per heavy atom. The molecule has 3 rings (SSSR count). The molecule has 0 atom stereocenters. The molecule has 0 spiro atoms. The molecule has 0 unspecified atom stereocenters. The van der Waals surface area contributed by atoms with Gasteiger partial charge in [-0.3, -0.25) is 9.59 Å². The first kappa shape index (κ1) is 15.7. The zero-order valence-corrected chi connectivity index (χ0v) is 13.4. The third-order valence-corrected chi connectivity index (χ3v) is 4.04. The second kappa shape index (κ2) is 6.16. The van der Waals surface area contributed by atoms with E-state index in [1.807, 2.05) is 31.2 Å². The highest BCUT2D eigenvalue weighted by Gasteiger charge is 2.13. The lowest BCUT2D eigenvalue weighted by molar-refractivity contribution is -0.114. The average Bonchev–Trinajstić information content (AvgIpc) is 3.02. The molecule has 4 heteroatoms. The molecule has 3 N–H and O–H groups in total. The summed E-state index contributed by atoms with van der Waals surface area (Å²) in [6, 6.07) is 11.6. The van der Waals surface area contributed by atoms with E-state index in [2.05, 4.69) is 17.6 Å². The number of hydrogen-bond acceptors (Lipinski definition) is 2. The van der Waals surface area contributed by atoms with Crippen LogP contribution < -0.4 is 5.73 Å². The first-order valence-corrected chi connectivity index (χ1v) is 7.65. The number of nitrogens with one attached hydrogen (secondary N) is 1. The van der Waals surface area contributed by atoms with Crippen LogP contribution in [-0.2, 0) is 11.2 Å². The van der Waals surface area contributed by atoms with Gasteiger partial charge in [-0.1, -0.05) is 36.4 Å². The van der Waals surface area contributed by atoms with Crippen LogP contribution in [0, 0.1) is 6.92 Å². The fourth-order valence-electron chi connectivity index (χ4n) is 3.01. The van der Waals surface area contributed by atoms with Gasteiger partial charge < -0.3 is 10.7 Å². The Bertz CT molecular complexity index is 967. The van der Waals surface area contributed by atoms with Gasteiger partial charge >= 0.3 is 0 Å². The number of allylic oxidation sites excluding steroid dienone is 1. The molecule has 0 saturated carbocycles. The van der Waals surface area contributed by atoms with E-state index in [1.54, 1.807) is 12.3 Å². The minimum atomic E-state index is -0.462. The van der Waals surface area contributed by atoms with Crippen LogP contribution in [0.25, 0.3) is 22.0 Å². The van der Waals surface area contributed by atoms with Crippen molar-refractivity contribution in [1.29, 1.82) is 0 Å². The van der Waals surface area contributed by atoms with Crippen LogP contribution >= 0.6 is 0 Å². The Labute approximate surface area is 140 Å². The molecule has 1 amide bonds. The highest BCUT2D eigenvalue weighted by atomic mass is 16.1. The predicted molar refractivity (Wildman–Crippen MR) is 95.9 cm³/mol. The molecule has 120 valence electrons. The number of ketones is 1. The smallest absolute Gasteiger partial charge is 0.250 e. The summed E-state index contributed by atoms with van der Waals surface area (Å²) < 4.78 is 0. The van der Waals surface area contributed by atoms with Crippen molar-refractivity contribution < 1.29 is 9.59 Å². The molecule has 1 heterocycles. The molecule has 1 aromatic heterocycles. The summed E-state index contributed by atoms with van der Waals surface area (Å²) in [5.41, 5.74) is 10.6. The van der Waals surface area contributed by atoms with Crippen molar-refractivity contribution in [2.24, 2.45) is 5.73 Å². The molecule has 0 bridgehead atoms. The van der Waals surface area contributed by atoms with Crippen molar-refractivity contribution in [1.82, 2.24) is 4.98 Å². The van der Waals surface area contributed by atoms with E-state index in [4.69, 9.17) is 5.73 Å². The Kier molecular flexibility index (Phi) is 4.04. The zero-order valence-electron chi connectivity index (χ0n) is 13.4. The lowest BCUT2D eigenvalue weighted by Gasteiger charge is -2.10. The van der Waals surface area contributed by atoms with Gasteiger partial charge in [0.05, 0.1) is 11.1 Å². The molecule has 2 aromatic carbocycles. The van der Waals surface area contributed by atoms with Crippen molar-refractivity contribution in [3.63, 3.8) is 0 Å². The lowest BCUT2D eigenvalue weighted by Crippen LogP contribution is -2.11. The summed E-state index contributed by atoms with van der Waals surface area (Å²) in [6.07, 6.45) is 3.46. The van der Waals surface area contributed by atoms with Crippen molar-refractivity contribution in [2.75, 3.05) is 0 Å². The highest BCUT2D eigenvalue weighted by Crippen LogP contribution is 2.31. The van der Waals surface area contributed by atoms with Gasteiger partial charge in [0.1, 0.15) is 0 Å². The molecule has 0 fully saturated rings. The van der Waals surface area contributed by atoms with E-state index in [-0.39, 0.29) is 5.78 Å². The molecule has 0 aliphatic rings. The monoisotopic (exact) mass is 318 g/mol. The molecule has 3 aromatic rings. The number of benzene rings is 2. The number of fused-ring (bicyclic) bond motifs is 1. The number of carbonyl (C=O) groups is 2. The highest BCUT2D eigenvalue weighted by molar-refractivity contribution is 6.09. The normalized spacial score (nSPS) is 10.7.